The molecule has 0 unspecified atom stereocenters. The summed E-state index contributed by atoms with van der Waals surface area (Å²) in [4.78, 5) is 12.4. The molecule has 52 heavy (non-hydrogen) atoms. The summed E-state index contributed by atoms with van der Waals surface area (Å²) in [7, 11) is 0. The van der Waals surface area contributed by atoms with E-state index in [0.29, 0.717) is 11.3 Å². The minimum Gasteiger partial charge on any atom is -0.507 e. The van der Waals surface area contributed by atoms with Gasteiger partial charge in [-0.05, 0) is 109 Å². The van der Waals surface area contributed by atoms with Gasteiger partial charge >= 0.3 is 0 Å². The molecule has 0 amide bonds. The van der Waals surface area contributed by atoms with Crippen LogP contribution in [0.2, 0.25) is 0 Å². The zero-order chi connectivity index (χ0) is 35.3. The van der Waals surface area contributed by atoms with Gasteiger partial charge in [0.05, 0.1) is 22.8 Å². The molecule has 0 spiro atoms. The van der Waals surface area contributed by atoms with Crippen LogP contribution in [-0.4, -0.2) is 15.1 Å². The number of para-hydroxylation sites is 2. The molecule has 0 radical (unpaired) electrons. The van der Waals surface area contributed by atoms with Crippen molar-refractivity contribution in [1.29, 1.82) is 0 Å². The number of phenols is 1. The first-order valence-electron chi connectivity index (χ1n) is 17.5. The van der Waals surface area contributed by atoms with Crippen LogP contribution in [0.3, 0.4) is 0 Å². The van der Waals surface area contributed by atoms with E-state index in [2.05, 4.69) is 111 Å². The Morgan fingerprint density at radius 2 is 1.29 bits per heavy atom. The first kappa shape index (κ1) is 31.3. The fourth-order valence-corrected chi connectivity index (χ4v) is 7.68. The van der Waals surface area contributed by atoms with Crippen molar-refractivity contribution in [2.75, 3.05) is 4.90 Å². The summed E-state index contributed by atoms with van der Waals surface area (Å²) < 4.78 is 6.73. The Hall–Kier alpha value is -6.72. The zero-order valence-corrected chi connectivity index (χ0v) is 29.1. The summed E-state index contributed by atoms with van der Waals surface area (Å²) in [5.74, 6) is 0.949. The van der Waals surface area contributed by atoms with Crippen molar-refractivity contribution in [2.45, 2.75) is 20.8 Å². The molecular weight excluding hydrogens is 639 g/mol. The smallest absolute Gasteiger partial charge is 0.159 e. The lowest BCUT2D eigenvalue weighted by Gasteiger charge is -2.26. The number of hydrogen-bond donors (Lipinski definition) is 1. The van der Waals surface area contributed by atoms with Crippen LogP contribution in [0, 0.1) is 20.8 Å². The summed E-state index contributed by atoms with van der Waals surface area (Å²) in [5, 5.41) is 15.3. The van der Waals surface area contributed by atoms with Crippen molar-refractivity contribution in [1.82, 2.24) is 9.97 Å². The van der Waals surface area contributed by atoms with Crippen molar-refractivity contribution in [3.8, 4) is 39.4 Å². The van der Waals surface area contributed by atoms with Crippen LogP contribution >= 0.6 is 0 Å². The van der Waals surface area contributed by atoms with E-state index < -0.39 is 0 Å². The van der Waals surface area contributed by atoms with Gasteiger partial charge in [0.25, 0.3) is 0 Å². The lowest BCUT2D eigenvalue weighted by atomic mass is 9.92. The highest BCUT2D eigenvalue weighted by Crippen LogP contribution is 2.46. The third-order valence-corrected chi connectivity index (χ3v) is 9.85. The predicted molar refractivity (Wildman–Crippen MR) is 214 cm³/mol. The number of hydrogen-bond acceptors (Lipinski definition) is 5. The number of nitrogens with zero attached hydrogens (tertiary/aromatic N) is 3. The molecular formula is C47H35N3O2. The molecule has 0 aliphatic heterocycles. The normalized spacial score (nSPS) is 11.4. The first-order valence-corrected chi connectivity index (χ1v) is 17.5. The number of rotatable bonds is 6. The van der Waals surface area contributed by atoms with Gasteiger partial charge in [-0.2, -0.15) is 0 Å². The standard InChI is InChI=1S/C47H35N3O2/c1-29-23-30(2)46(31(3)24-29)34-26-39(49-40(27-34)37-17-6-8-19-43(37)51)33-25-38-36-16-7-9-20-44(36)52-47(38)42(28-33)50(45-21-10-11-22-48-45)41-18-12-14-32-13-4-5-15-35(32)41/h4-28,51H,1-3H3. The molecule has 0 fully saturated rings. The Labute approximate surface area is 302 Å². The average molecular weight is 674 g/mol. The Kier molecular flexibility index (Phi) is 7.55. The van der Waals surface area contributed by atoms with Crippen LogP contribution in [0.1, 0.15) is 16.7 Å². The van der Waals surface area contributed by atoms with E-state index in [4.69, 9.17) is 14.4 Å². The number of furan rings is 1. The molecule has 0 bridgehead atoms. The van der Waals surface area contributed by atoms with Gasteiger partial charge in [-0.3, -0.25) is 4.90 Å². The zero-order valence-electron chi connectivity index (χ0n) is 29.1. The Bertz CT molecular complexity index is 2770. The highest BCUT2D eigenvalue weighted by atomic mass is 16.3. The second-order valence-corrected chi connectivity index (χ2v) is 13.4. The van der Waals surface area contributed by atoms with E-state index >= 15 is 0 Å². The third kappa shape index (κ3) is 5.35. The van der Waals surface area contributed by atoms with Crippen LogP contribution < -0.4 is 4.90 Å². The van der Waals surface area contributed by atoms with Crippen LogP contribution in [0.15, 0.2) is 156 Å². The SMILES string of the molecule is Cc1cc(C)c(-c2cc(-c3cc(N(c4ccccn4)c4cccc5ccccc45)c4oc5ccccc5c4c3)nc(-c3ccccc3O)c2)c(C)c1. The molecule has 3 aromatic heterocycles. The topological polar surface area (TPSA) is 62.4 Å². The number of anilines is 3. The summed E-state index contributed by atoms with van der Waals surface area (Å²) >= 11 is 0. The van der Waals surface area contributed by atoms with Gasteiger partial charge in [0.2, 0.25) is 0 Å². The lowest BCUT2D eigenvalue weighted by molar-refractivity contribution is 0.477. The third-order valence-electron chi connectivity index (χ3n) is 9.85. The van der Waals surface area contributed by atoms with E-state index in [1.165, 1.54) is 16.7 Å². The number of pyridine rings is 2. The highest BCUT2D eigenvalue weighted by Gasteiger charge is 2.24. The number of aryl methyl sites for hydroxylation is 3. The predicted octanol–water partition coefficient (Wildman–Crippen LogP) is 12.6. The number of aromatic nitrogens is 2. The molecule has 5 nitrogen and oxygen atoms in total. The molecule has 9 aromatic rings. The Morgan fingerprint density at radius 3 is 2.10 bits per heavy atom. The summed E-state index contributed by atoms with van der Waals surface area (Å²) in [6.45, 7) is 6.45. The monoisotopic (exact) mass is 673 g/mol. The van der Waals surface area contributed by atoms with Crippen LogP contribution in [0.25, 0.3) is 66.4 Å². The fraction of sp³-hybridized carbons (Fsp3) is 0.0638. The maximum atomic E-state index is 11.1. The van der Waals surface area contributed by atoms with Crippen molar-refractivity contribution in [3.05, 3.63) is 168 Å². The molecule has 9 rings (SSSR count). The van der Waals surface area contributed by atoms with Crippen molar-refractivity contribution >= 4 is 49.9 Å². The maximum Gasteiger partial charge on any atom is 0.159 e. The summed E-state index contributed by atoms with van der Waals surface area (Å²) in [6.07, 6.45) is 1.82. The van der Waals surface area contributed by atoms with E-state index in [1.54, 1.807) is 6.07 Å². The number of fused-ring (bicyclic) bond motifs is 4. The van der Waals surface area contributed by atoms with E-state index in [-0.39, 0.29) is 5.75 Å². The minimum atomic E-state index is 0.185. The molecule has 0 saturated carbocycles. The number of aromatic hydroxyl groups is 1. The van der Waals surface area contributed by atoms with Gasteiger partial charge in [0.15, 0.2) is 5.58 Å². The molecule has 0 aliphatic rings. The van der Waals surface area contributed by atoms with Gasteiger partial charge in [-0.25, -0.2) is 9.97 Å². The first-order chi connectivity index (χ1) is 25.4. The van der Waals surface area contributed by atoms with E-state index in [9.17, 15) is 5.11 Å². The van der Waals surface area contributed by atoms with Gasteiger partial charge in [0, 0.05) is 33.5 Å². The Balaban J connectivity index is 1.38. The second kappa shape index (κ2) is 12.6. The lowest BCUT2D eigenvalue weighted by Crippen LogP contribution is -2.12. The second-order valence-electron chi connectivity index (χ2n) is 13.4. The average Bonchev–Trinajstić information content (AvgIpc) is 3.54. The Morgan fingerprint density at radius 1 is 0.577 bits per heavy atom. The summed E-state index contributed by atoms with van der Waals surface area (Å²) in [6, 6.07) is 49.4. The minimum absolute atomic E-state index is 0.185. The molecule has 5 heteroatoms. The largest absolute Gasteiger partial charge is 0.507 e. The molecule has 6 aromatic carbocycles. The van der Waals surface area contributed by atoms with Gasteiger partial charge in [-0.15, -0.1) is 0 Å². The molecule has 3 heterocycles. The van der Waals surface area contributed by atoms with Crippen LogP contribution in [0.5, 0.6) is 5.75 Å². The highest BCUT2D eigenvalue weighted by molar-refractivity contribution is 6.13. The van der Waals surface area contributed by atoms with E-state index in [0.717, 1.165) is 72.3 Å². The molecule has 250 valence electrons. The molecule has 0 aliphatic carbocycles. The van der Waals surface area contributed by atoms with E-state index in [1.807, 2.05) is 60.8 Å². The maximum absolute atomic E-state index is 11.1. The van der Waals surface area contributed by atoms with Gasteiger partial charge in [-0.1, -0.05) is 90.5 Å². The number of phenolic OH excluding ortho intramolecular Hbond substituents is 1. The van der Waals surface area contributed by atoms with Crippen molar-refractivity contribution in [2.24, 2.45) is 0 Å². The fourth-order valence-electron chi connectivity index (χ4n) is 7.68. The molecule has 0 saturated heterocycles. The number of benzene rings is 6. The van der Waals surface area contributed by atoms with Gasteiger partial charge < -0.3 is 9.52 Å². The van der Waals surface area contributed by atoms with Crippen molar-refractivity contribution in [3.63, 3.8) is 0 Å². The molecule has 0 atom stereocenters. The van der Waals surface area contributed by atoms with Crippen LogP contribution in [0.4, 0.5) is 17.2 Å². The quantitative estimate of drug-likeness (QED) is 0.190. The van der Waals surface area contributed by atoms with Crippen molar-refractivity contribution < 1.29 is 9.52 Å². The van der Waals surface area contributed by atoms with Crippen LogP contribution in [-0.2, 0) is 0 Å². The molecule has 1 N–H and O–H groups in total. The van der Waals surface area contributed by atoms with Gasteiger partial charge in [0.1, 0.15) is 17.2 Å². The summed E-state index contributed by atoms with van der Waals surface area (Å²) in [5.41, 5.74) is 12.2.